The lowest BCUT2D eigenvalue weighted by Gasteiger charge is -2.30. The van der Waals surface area contributed by atoms with Crippen LogP contribution in [0.25, 0.3) is 10.9 Å². The molecule has 1 aliphatic rings. The van der Waals surface area contributed by atoms with Gasteiger partial charge in [-0.2, -0.15) is 13.2 Å². The summed E-state index contributed by atoms with van der Waals surface area (Å²) in [4.78, 5) is 25.7. The monoisotopic (exact) mass is 435 g/mol. The number of nitrogens with zero attached hydrogens (tertiary/aromatic N) is 1. The van der Waals surface area contributed by atoms with Gasteiger partial charge < -0.3 is 15.7 Å². The summed E-state index contributed by atoms with van der Waals surface area (Å²) in [5.41, 5.74) is -1.87. The molecule has 1 amide bonds. The summed E-state index contributed by atoms with van der Waals surface area (Å²) >= 11 is 0. The van der Waals surface area contributed by atoms with Gasteiger partial charge in [0.25, 0.3) is 11.5 Å². The average Bonchev–Trinajstić information content (AvgIpc) is 2.72. The summed E-state index contributed by atoms with van der Waals surface area (Å²) in [5, 5.41) is 16.0. The molecule has 3 aromatic rings. The molecule has 1 unspecified atom stereocenters. The van der Waals surface area contributed by atoms with Crippen LogP contribution in [0, 0.1) is 5.82 Å². The Hall–Kier alpha value is -3.56. The van der Waals surface area contributed by atoms with Gasteiger partial charge in [0.2, 0.25) is 0 Å². The number of alkyl halides is 3. The third-order valence-corrected chi connectivity index (χ3v) is 5.26. The fraction of sp³-hybridized carbons (Fsp3) is 0.238. The van der Waals surface area contributed by atoms with Crippen molar-refractivity contribution in [3.63, 3.8) is 0 Å². The van der Waals surface area contributed by atoms with Crippen molar-refractivity contribution in [2.45, 2.75) is 19.1 Å². The summed E-state index contributed by atoms with van der Waals surface area (Å²) < 4.78 is 54.4. The molecular weight excluding hydrogens is 418 g/mol. The summed E-state index contributed by atoms with van der Waals surface area (Å²) in [5.74, 6) is -2.05. The van der Waals surface area contributed by atoms with Crippen LogP contribution in [0.2, 0.25) is 0 Å². The zero-order valence-corrected chi connectivity index (χ0v) is 16.2. The lowest BCUT2D eigenvalue weighted by Crippen LogP contribution is -2.39. The van der Waals surface area contributed by atoms with Crippen LogP contribution in [0.3, 0.4) is 0 Å². The van der Waals surface area contributed by atoms with Crippen LogP contribution in [0.5, 0.6) is 5.75 Å². The molecule has 2 aromatic carbocycles. The summed E-state index contributed by atoms with van der Waals surface area (Å²) in [6.45, 7) is 1.84. The molecule has 4 rings (SSSR count). The van der Waals surface area contributed by atoms with Gasteiger partial charge in [-0.25, -0.2) is 4.39 Å². The van der Waals surface area contributed by atoms with E-state index in [1.54, 1.807) is 6.92 Å². The van der Waals surface area contributed by atoms with Crippen LogP contribution in [-0.4, -0.2) is 28.7 Å². The van der Waals surface area contributed by atoms with Crippen LogP contribution in [0.4, 0.5) is 23.2 Å². The number of carbonyl (C=O) groups is 1. The SMILES string of the molecule is CCNC(=O)c1c(O)c2ccc(F)c3c2n(c1=O)C(c1ccc(C(F)(F)F)cc1)CN3. The maximum Gasteiger partial charge on any atom is 0.416 e. The number of rotatable bonds is 3. The Labute approximate surface area is 173 Å². The largest absolute Gasteiger partial charge is 0.506 e. The summed E-state index contributed by atoms with van der Waals surface area (Å²) in [7, 11) is 0. The molecule has 31 heavy (non-hydrogen) atoms. The first-order valence-corrected chi connectivity index (χ1v) is 9.44. The van der Waals surface area contributed by atoms with Gasteiger partial charge in [0.15, 0.2) is 0 Å². The first kappa shape index (κ1) is 20.7. The molecule has 2 heterocycles. The molecule has 0 radical (unpaired) electrons. The van der Waals surface area contributed by atoms with Gasteiger partial charge >= 0.3 is 6.18 Å². The molecule has 0 spiro atoms. The Morgan fingerprint density at radius 2 is 1.90 bits per heavy atom. The Morgan fingerprint density at radius 1 is 1.23 bits per heavy atom. The van der Waals surface area contributed by atoms with Crippen LogP contribution in [0.15, 0.2) is 41.2 Å². The van der Waals surface area contributed by atoms with E-state index in [9.17, 15) is 32.3 Å². The number of aromatic nitrogens is 1. The molecule has 1 atom stereocenters. The van der Waals surface area contributed by atoms with E-state index < -0.39 is 46.4 Å². The first-order valence-electron chi connectivity index (χ1n) is 9.44. The van der Waals surface area contributed by atoms with Crippen molar-refractivity contribution < 1.29 is 27.5 Å². The number of anilines is 1. The van der Waals surface area contributed by atoms with Crippen molar-refractivity contribution in [1.29, 1.82) is 0 Å². The highest BCUT2D eigenvalue weighted by Gasteiger charge is 2.33. The lowest BCUT2D eigenvalue weighted by molar-refractivity contribution is -0.137. The quantitative estimate of drug-likeness (QED) is 0.549. The molecule has 10 heteroatoms. The smallest absolute Gasteiger partial charge is 0.416 e. The van der Waals surface area contributed by atoms with Gasteiger partial charge in [-0.05, 0) is 36.8 Å². The molecular formula is C21H17F4N3O3. The number of hydrogen-bond acceptors (Lipinski definition) is 4. The van der Waals surface area contributed by atoms with Gasteiger partial charge in [-0.15, -0.1) is 0 Å². The number of hydrogen-bond donors (Lipinski definition) is 3. The van der Waals surface area contributed by atoms with Crippen molar-refractivity contribution in [2.24, 2.45) is 0 Å². The highest BCUT2D eigenvalue weighted by atomic mass is 19.4. The number of carbonyl (C=O) groups excluding carboxylic acids is 1. The van der Waals surface area contributed by atoms with E-state index in [0.29, 0.717) is 5.56 Å². The van der Waals surface area contributed by atoms with E-state index in [-0.39, 0.29) is 29.7 Å². The number of amides is 1. The number of aromatic hydroxyl groups is 1. The van der Waals surface area contributed by atoms with Gasteiger partial charge in [-0.3, -0.25) is 14.2 Å². The molecule has 1 aliphatic heterocycles. The van der Waals surface area contributed by atoms with E-state index in [1.165, 1.54) is 18.2 Å². The first-order chi connectivity index (χ1) is 14.6. The van der Waals surface area contributed by atoms with Crippen LogP contribution >= 0.6 is 0 Å². The van der Waals surface area contributed by atoms with Gasteiger partial charge in [-0.1, -0.05) is 12.1 Å². The van der Waals surface area contributed by atoms with Crippen molar-refractivity contribution in [1.82, 2.24) is 9.88 Å². The number of pyridine rings is 1. The standard InChI is InChI=1S/C21H17F4N3O3/c1-2-26-19(30)15-18(29)12-7-8-13(22)16-17(12)28(20(15)31)14(9-27-16)10-3-5-11(6-4-10)21(23,24)25/h3-8,14,27,29H,2,9H2,1H3,(H,26,30). The number of nitrogens with one attached hydrogen (secondary N) is 2. The molecule has 0 aliphatic carbocycles. The Bertz CT molecular complexity index is 1250. The predicted octanol–water partition coefficient (Wildman–Crippen LogP) is 3.63. The maximum absolute atomic E-state index is 14.4. The third kappa shape index (κ3) is 3.28. The van der Waals surface area contributed by atoms with Crippen molar-refractivity contribution in [2.75, 3.05) is 18.4 Å². The van der Waals surface area contributed by atoms with Gasteiger partial charge in [0, 0.05) is 18.5 Å². The van der Waals surface area contributed by atoms with Crippen LogP contribution in [-0.2, 0) is 6.18 Å². The van der Waals surface area contributed by atoms with Crippen LogP contribution < -0.4 is 16.2 Å². The highest BCUT2D eigenvalue weighted by molar-refractivity contribution is 6.05. The minimum atomic E-state index is -4.52. The molecule has 162 valence electrons. The average molecular weight is 435 g/mol. The minimum absolute atomic E-state index is 0.00604. The number of halogens is 4. The number of benzene rings is 2. The zero-order valence-electron chi connectivity index (χ0n) is 16.2. The van der Waals surface area contributed by atoms with E-state index in [0.717, 1.165) is 22.8 Å². The maximum atomic E-state index is 14.4. The van der Waals surface area contributed by atoms with Gasteiger partial charge in [0.05, 0.1) is 22.8 Å². The van der Waals surface area contributed by atoms with E-state index >= 15 is 0 Å². The zero-order chi connectivity index (χ0) is 22.5. The fourth-order valence-electron chi connectivity index (χ4n) is 3.84. The summed E-state index contributed by atoms with van der Waals surface area (Å²) in [6.07, 6.45) is -4.52. The second-order valence-electron chi connectivity index (χ2n) is 7.09. The second kappa shape index (κ2) is 7.29. The predicted molar refractivity (Wildman–Crippen MR) is 106 cm³/mol. The Balaban J connectivity index is 2.00. The van der Waals surface area contributed by atoms with Crippen molar-refractivity contribution in [3.05, 3.63) is 69.3 Å². The Morgan fingerprint density at radius 3 is 2.52 bits per heavy atom. The van der Waals surface area contributed by atoms with E-state index in [2.05, 4.69) is 10.6 Å². The third-order valence-electron chi connectivity index (χ3n) is 5.26. The second-order valence-corrected chi connectivity index (χ2v) is 7.09. The molecule has 0 bridgehead atoms. The highest BCUT2D eigenvalue weighted by Crippen LogP contribution is 2.39. The molecule has 1 aromatic heterocycles. The topological polar surface area (TPSA) is 83.4 Å². The van der Waals surface area contributed by atoms with Crippen LogP contribution in [0.1, 0.15) is 34.5 Å². The summed E-state index contributed by atoms with van der Waals surface area (Å²) in [6, 6.07) is 5.76. The minimum Gasteiger partial charge on any atom is -0.506 e. The lowest BCUT2D eigenvalue weighted by atomic mass is 9.98. The van der Waals surface area contributed by atoms with E-state index in [4.69, 9.17) is 0 Å². The fourth-order valence-corrected chi connectivity index (χ4v) is 3.84. The normalized spacial score (nSPS) is 15.6. The van der Waals surface area contributed by atoms with Gasteiger partial charge in [0.1, 0.15) is 17.1 Å². The molecule has 6 nitrogen and oxygen atoms in total. The van der Waals surface area contributed by atoms with E-state index in [1.807, 2.05) is 0 Å². The Kier molecular flexibility index (Phi) is 4.87. The molecule has 0 fully saturated rings. The molecule has 3 N–H and O–H groups in total. The molecule has 0 saturated heterocycles. The van der Waals surface area contributed by atoms with Crippen molar-refractivity contribution >= 4 is 22.5 Å². The molecule has 0 saturated carbocycles. The van der Waals surface area contributed by atoms with Crippen molar-refractivity contribution in [3.8, 4) is 5.75 Å².